The molecule has 1 N–H and O–H groups in total. The van der Waals surface area contributed by atoms with Gasteiger partial charge in [-0.3, -0.25) is 0 Å². The van der Waals surface area contributed by atoms with Gasteiger partial charge in [-0.25, -0.2) is 0 Å². The smallest absolute Gasteiger partial charge is 0.0367 e. The van der Waals surface area contributed by atoms with Gasteiger partial charge in [0.1, 0.15) is 0 Å². The monoisotopic (exact) mass is 177 g/mol. The summed E-state index contributed by atoms with van der Waals surface area (Å²) >= 11 is 0. The zero-order valence-electron chi connectivity index (χ0n) is 8.85. The lowest BCUT2D eigenvalue weighted by Gasteiger charge is -2.07. The number of nitrogens with one attached hydrogen (secondary N) is 1. The molecule has 0 unspecified atom stereocenters. The fourth-order valence-electron chi connectivity index (χ4n) is 1.54. The molecule has 0 saturated carbocycles. The Labute approximate surface area is 81.2 Å². The summed E-state index contributed by atoms with van der Waals surface area (Å²) in [7, 11) is 1.97. The molecule has 0 atom stereocenters. The van der Waals surface area contributed by atoms with E-state index in [1.807, 2.05) is 7.05 Å². The van der Waals surface area contributed by atoms with Crippen LogP contribution in [-0.4, -0.2) is 7.05 Å². The molecule has 0 saturated heterocycles. The predicted molar refractivity (Wildman–Crippen MR) is 59.3 cm³/mol. The second-order valence-corrected chi connectivity index (χ2v) is 3.50. The highest BCUT2D eigenvalue weighted by Gasteiger charge is 1.97. The van der Waals surface area contributed by atoms with Crippen molar-refractivity contribution in [3.63, 3.8) is 0 Å². The largest absolute Gasteiger partial charge is 0.388 e. The van der Waals surface area contributed by atoms with Crippen LogP contribution in [0.1, 0.15) is 30.9 Å². The van der Waals surface area contributed by atoms with Gasteiger partial charge in [0.25, 0.3) is 0 Å². The van der Waals surface area contributed by atoms with Crippen LogP contribution in [0.4, 0.5) is 5.69 Å². The number of hydrogen-bond acceptors (Lipinski definition) is 1. The predicted octanol–water partition coefficient (Wildman–Crippen LogP) is 3.38. The first-order chi connectivity index (χ1) is 6.27. The van der Waals surface area contributed by atoms with E-state index >= 15 is 0 Å². The summed E-state index contributed by atoms with van der Waals surface area (Å²) < 4.78 is 0. The van der Waals surface area contributed by atoms with E-state index in [1.54, 1.807) is 0 Å². The maximum atomic E-state index is 3.18. The van der Waals surface area contributed by atoms with E-state index < -0.39 is 0 Å². The van der Waals surface area contributed by atoms with Gasteiger partial charge >= 0.3 is 0 Å². The third-order valence-electron chi connectivity index (χ3n) is 2.38. The lowest BCUT2D eigenvalue weighted by molar-refractivity contribution is 0.794. The molecule has 0 bridgehead atoms. The molecule has 1 nitrogen and oxygen atoms in total. The van der Waals surface area contributed by atoms with Crippen LogP contribution in [-0.2, 0) is 6.42 Å². The molecule has 13 heavy (non-hydrogen) atoms. The number of benzene rings is 1. The standard InChI is InChI=1S/C12H19N/c1-4-5-6-11-7-8-12(13-3)10(2)9-11/h7-9,13H,4-6H2,1-3H3. The number of anilines is 1. The second kappa shape index (κ2) is 4.90. The Morgan fingerprint density at radius 3 is 2.62 bits per heavy atom. The van der Waals surface area contributed by atoms with Gasteiger partial charge in [0.2, 0.25) is 0 Å². The van der Waals surface area contributed by atoms with Crippen LogP contribution >= 0.6 is 0 Å². The number of unbranched alkanes of at least 4 members (excludes halogenated alkanes) is 1. The van der Waals surface area contributed by atoms with Crippen molar-refractivity contribution in [3.8, 4) is 0 Å². The van der Waals surface area contributed by atoms with Crippen LogP contribution in [0.25, 0.3) is 0 Å². The van der Waals surface area contributed by atoms with E-state index in [2.05, 4.69) is 37.4 Å². The fraction of sp³-hybridized carbons (Fsp3) is 0.500. The highest BCUT2D eigenvalue weighted by Crippen LogP contribution is 2.16. The van der Waals surface area contributed by atoms with Crippen LogP contribution < -0.4 is 5.32 Å². The summed E-state index contributed by atoms with van der Waals surface area (Å²) in [6.45, 7) is 4.39. The Kier molecular flexibility index (Phi) is 3.81. The SMILES string of the molecule is CCCCc1ccc(NC)c(C)c1. The van der Waals surface area contributed by atoms with Crippen LogP contribution in [0.5, 0.6) is 0 Å². The molecule has 0 aromatic heterocycles. The third kappa shape index (κ3) is 2.76. The Morgan fingerprint density at radius 2 is 2.08 bits per heavy atom. The minimum Gasteiger partial charge on any atom is -0.388 e. The molecule has 0 aliphatic rings. The van der Waals surface area contributed by atoms with Gasteiger partial charge in [-0.15, -0.1) is 0 Å². The molecule has 72 valence electrons. The molecule has 1 aromatic carbocycles. The van der Waals surface area contributed by atoms with Crippen molar-refractivity contribution in [2.24, 2.45) is 0 Å². The Morgan fingerprint density at radius 1 is 1.31 bits per heavy atom. The van der Waals surface area contributed by atoms with E-state index in [0.29, 0.717) is 0 Å². The Balaban J connectivity index is 2.71. The normalized spacial score (nSPS) is 10.1. The van der Waals surface area contributed by atoms with Gasteiger partial charge in [-0.05, 0) is 37.0 Å². The Bertz CT molecular complexity index is 266. The van der Waals surface area contributed by atoms with Crippen molar-refractivity contribution >= 4 is 5.69 Å². The molecule has 1 aromatic rings. The van der Waals surface area contributed by atoms with E-state index in [0.717, 1.165) is 0 Å². The van der Waals surface area contributed by atoms with Crippen molar-refractivity contribution in [3.05, 3.63) is 29.3 Å². The molecule has 0 aliphatic heterocycles. The fourth-order valence-corrected chi connectivity index (χ4v) is 1.54. The van der Waals surface area contributed by atoms with Crippen LogP contribution in [0.15, 0.2) is 18.2 Å². The topological polar surface area (TPSA) is 12.0 Å². The maximum Gasteiger partial charge on any atom is 0.0367 e. The molecule has 0 fully saturated rings. The van der Waals surface area contributed by atoms with Gasteiger partial charge in [0, 0.05) is 12.7 Å². The van der Waals surface area contributed by atoms with Gasteiger partial charge in [-0.2, -0.15) is 0 Å². The summed E-state index contributed by atoms with van der Waals surface area (Å²) in [6, 6.07) is 6.66. The van der Waals surface area contributed by atoms with E-state index in [4.69, 9.17) is 0 Å². The van der Waals surface area contributed by atoms with Crippen LogP contribution in [0, 0.1) is 6.92 Å². The first kappa shape index (κ1) is 10.1. The lowest BCUT2D eigenvalue weighted by atomic mass is 10.0. The van der Waals surface area contributed by atoms with Crippen molar-refractivity contribution < 1.29 is 0 Å². The summed E-state index contributed by atoms with van der Waals surface area (Å²) in [6.07, 6.45) is 3.77. The molecule has 1 heteroatoms. The second-order valence-electron chi connectivity index (χ2n) is 3.50. The molecule has 1 rings (SSSR count). The average molecular weight is 177 g/mol. The molecule has 0 amide bonds. The summed E-state index contributed by atoms with van der Waals surface area (Å²) in [5, 5.41) is 3.18. The van der Waals surface area contributed by atoms with Crippen molar-refractivity contribution in [2.75, 3.05) is 12.4 Å². The van der Waals surface area contributed by atoms with E-state index in [-0.39, 0.29) is 0 Å². The average Bonchev–Trinajstić information content (AvgIpc) is 2.15. The number of rotatable bonds is 4. The van der Waals surface area contributed by atoms with Crippen molar-refractivity contribution in [1.29, 1.82) is 0 Å². The molecule has 0 heterocycles. The van der Waals surface area contributed by atoms with Gasteiger partial charge in [0.15, 0.2) is 0 Å². The van der Waals surface area contributed by atoms with Crippen LogP contribution in [0.3, 0.4) is 0 Å². The van der Waals surface area contributed by atoms with Gasteiger partial charge in [-0.1, -0.05) is 25.5 Å². The van der Waals surface area contributed by atoms with E-state index in [1.165, 1.54) is 36.1 Å². The van der Waals surface area contributed by atoms with Crippen LogP contribution in [0.2, 0.25) is 0 Å². The van der Waals surface area contributed by atoms with Crippen molar-refractivity contribution in [1.82, 2.24) is 0 Å². The zero-order valence-corrected chi connectivity index (χ0v) is 8.85. The first-order valence-corrected chi connectivity index (χ1v) is 5.05. The molecule has 0 aliphatic carbocycles. The van der Waals surface area contributed by atoms with Gasteiger partial charge in [0.05, 0.1) is 0 Å². The zero-order chi connectivity index (χ0) is 9.68. The first-order valence-electron chi connectivity index (χ1n) is 5.05. The number of aryl methyl sites for hydroxylation is 2. The summed E-state index contributed by atoms with van der Waals surface area (Å²) in [4.78, 5) is 0. The lowest BCUT2D eigenvalue weighted by Crippen LogP contribution is -1.93. The third-order valence-corrected chi connectivity index (χ3v) is 2.38. The number of hydrogen-bond donors (Lipinski definition) is 1. The van der Waals surface area contributed by atoms with E-state index in [9.17, 15) is 0 Å². The Hall–Kier alpha value is -0.980. The maximum absolute atomic E-state index is 3.18. The quantitative estimate of drug-likeness (QED) is 0.743. The molecule has 0 radical (unpaired) electrons. The van der Waals surface area contributed by atoms with Crippen molar-refractivity contribution in [2.45, 2.75) is 33.1 Å². The molecular formula is C12H19N. The highest BCUT2D eigenvalue weighted by molar-refractivity contribution is 5.51. The summed E-state index contributed by atoms with van der Waals surface area (Å²) in [5.74, 6) is 0. The van der Waals surface area contributed by atoms with Gasteiger partial charge < -0.3 is 5.32 Å². The minimum absolute atomic E-state index is 1.21. The highest BCUT2D eigenvalue weighted by atomic mass is 14.8. The molecule has 0 spiro atoms. The molecular weight excluding hydrogens is 158 g/mol. The summed E-state index contributed by atoms with van der Waals surface area (Å²) in [5.41, 5.74) is 4.04. The minimum atomic E-state index is 1.21.